The number of ether oxygens (including phenoxy) is 1. The van der Waals surface area contributed by atoms with Crippen LogP contribution in [0.2, 0.25) is 0 Å². The Balaban J connectivity index is 1.50. The van der Waals surface area contributed by atoms with Gasteiger partial charge in [0.1, 0.15) is 11.4 Å². The lowest BCUT2D eigenvalue weighted by atomic mass is 9.93. The molecule has 1 aliphatic heterocycles. The molecule has 4 rings (SSSR count). The van der Waals surface area contributed by atoms with Crippen LogP contribution in [0, 0.1) is 0 Å². The van der Waals surface area contributed by atoms with E-state index in [0.717, 1.165) is 48.5 Å². The summed E-state index contributed by atoms with van der Waals surface area (Å²) in [6.07, 6.45) is 4.35. The average molecular weight is 376 g/mol. The highest BCUT2D eigenvalue weighted by Crippen LogP contribution is 2.27. The van der Waals surface area contributed by atoms with Gasteiger partial charge in [-0.3, -0.25) is 14.9 Å². The van der Waals surface area contributed by atoms with Crippen molar-refractivity contribution in [2.75, 3.05) is 20.2 Å². The summed E-state index contributed by atoms with van der Waals surface area (Å²) in [5.41, 5.74) is 3.72. The van der Waals surface area contributed by atoms with E-state index in [1.54, 1.807) is 19.4 Å². The second kappa shape index (κ2) is 8.25. The lowest BCUT2D eigenvalue weighted by molar-refractivity contribution is 0.0700. The smallest absolute Gasteiger partial charge is 0.271 e. The Morgan fingerprint density at radius 2 is 2.11 bits per heavy atom. The number of amides is 1. The molecule has 1 N–H and O–H groups in total. The summed E-state index contributed by atoms with van der Waals surface area (Å²) in [6.45, 7) is 1.46. The first-order valence-corrected chi connectivity index (χ1v) is 9.61. The first-order chi connectivity index (χ1) is 13.7. The molecule has 3 aromatic rings. The molecule has 2 aromatic heterocycles. The monoisotopic (exact) mass is 376 g/mol. The Morgan fingerprint density at radius 1 is 1.21 bits per heavy atom. The maximum absolute atomic E-state index is 12.6. The lowest BCUT2D eigenvalue weighted by Gasteiger charge is -2.32. The van der Waals surface area contributed by atoms with Gasteiger partial charge in [0.15, 0.2) is 0 Å². The lowest BCUT2D eigenvalue weighted by Crippen LogP contribution is -2.39. The van der Waals surface area contributed by atoms with Crippen molar-refractivity contribution in [3.63, 3.8) is 0 Å². The number of aromatic amines is 1. The van der Waals surface area contributed by atoms with Gasteiger partial charge >= 0.3 is 0 Å². The van der Waals surface area contributed by atoms with Crippen molar-refractivity contribution in [2.45, 2.75) is 25.2 Å². The number of likely N-dealkylation sites (tertiary alicyclic amines) is 1. The molecular weight excluding hydrogens is 352 g/mol. The number of nitrogens with one attached hydrogen (secondary N) is 1. The first kappa shape index (κ1) is 18.2. The number of aromatic nitrogens is 3. The Kier molecular flexibility index (Phi) is 5.37. The van der Waals surface area contributed by atoms with Crippen LogP contribution in [0.25, 0.3) is 0 Å². The van der Waals surface area contributed by atoms with Gasteiger partial charge in [0.25, 0.3) is 5.91 Å². The van der Waals surface area contributed by atoms with E-state index in [1.165, 1.54) is 0 Å². The van der Waals surface area contributed by atoms with Gasteiger partial charge in [-0.25, -0.2) is 0 Å². The molecule has 28 heavy (non-hydrogen) atoms. The van der Waals surface area contributed by atoms with E-state index in [1.807, 2.05) is 29.2 Å². The van der Waals surface area contributed by atoms with Gasteiger partial charge in [0.2, 0.25) is 0 Å². The number of pyridine rings is 1. The molecule has 0 radical (unpaired) electrons. The number of benzene rings is 1. The number of rotatable bonds is 5. The van der Waals surface area contributed by atoms with E-state index >= 15 is 0 Å². The average Bonchev–Trinajstić information content (AvgIpc) is 3.29. The van der Waals surface area contributed by atoms with Gasteiger partial charge in [0.05, 0.1) is 7.11 Å². The molecule has 144 valence electrons. The number of hydrogen-bond donors (Lipinski definition) is 1. The highest BCUT2D eigenvalue weighted by Gasteiger charge is 2.27. The van der Waals surface area contributed by atoms with E-state index in [4.69, 9.17) is 9.72 Å². The summed E-state index contributed by atoms with van der Waals surface area (Å²) in [6, 6.07) is 15.9. The third-order valence-electron chi connectivity index (χ3n) is 5.25. The predicted octanol–water partition coefficient (Wildman–Crippen LogP) is 3.42. The molecule has 1 atom stereocenters. The van der Waals surface area contributed by atoms with Crippen molar-refractivity contribution < 1.29 is 9.53 Å². The van der Waals surface area contributed by atoms with Crippen molar-refractivity contribution in [3.05, 3.63) is 77.4 Å². The SMILES string of the molecule is COc1ccccc1Cc1cccc(C2CCCN(C(=O)c3ccn[nH]3)C2)n1. The number of carbonyl (C=O) groups excluding carboxylic acids is 1. The normalized spacial score (nSPS) is 16.8. The molecule has 6 heteroatoms. The molecule has 0 saturated carbocycles. The molecule has 1 aliphatic rings. The maximum atomic E-state index is 12.6. The molecule has 1 saturated heterocycles. The Hall–Kier alpha value is -3.15. The van der Waals surface area contributed by atoms with Crippen molar-refractivity contribution in [1.82, 2.24) is 20.1 Å². The predicted molar refractivity (Wildman–Crippen MR) is 107 cm³/mol. The first-order valence-electron chi connectivity index (χ1n) is 9.61. The number of para-hydroxylation sites is 1. The van der Waals surface area contributed by atoms with Crippen molar-refractivity contribution in [3.8, 4) is 5.75 Å². The molecule has 3 heterocycles. The fourth-order valence-electron chi connectivity index (χ4n) is 3.82. The third kappa shape index (κ3) is 3.91. The van der Waals surface area contributed by atoms with Crippen molar-refractivity contribution >= 4 is 5.91 Å². The summed E-state index contributed by atoms with van der Waals surface area (Å²) < 4.78 is 5.46. The van der Waals surface area contributed by atoms with Crippen LogP contribution in [0.15, 0.2) is 54.7 Å². The number of hydrogen-bond acceptors (Lipinski definition) is 4. The minimum Gasteiger partial charge on any atom is -0.496 e. The Morgan fingerprint density at radius 3 is 2.93 bits per heavy atom. The summed E-state index contributed by atoms with van der Waals surface area (Å²) in [7, 11) is 1.69. The Labute approximate surface area is 164 Å². The van der Waals surface area contributed by atoms with Gasteiger partial charge in [-0.05, 0) is 37.1 Å². The Bertz CT molecular complexity index is 939. The number of H-pyrrole nitrogens is 1. The zero-order valence-electron chi connectivity index (χ0n) is 16.0. The fourth-order valence-corrected chi connectivity index (χ4v) is 3.82. The van der Waals surface area contributed by atoms with Crippen LogP contribution in [0.3, 0.4) is 0 Å². The summed E-state index contributed by atoms with van der Waals surface area (Å²) >= 11 is 0. The molecule has 6 nitrogen and oxygen atoms in total. The third-order valence-corrected chi connectivity index (χ3v) is 5.25. The van der Waals surface area contributed by atoms with Crippen LogP contribution in [0.4, 0.5) is 0 Å². The molecule has 0 spiro atoms. The highest BCUT2D eigenvalue weighted by molar-refractivity contribution is 5.92. The minimum atomic E-state index is 0.00683. The molecule has 1 aromatic carbocycles. The quantitative estimate of drug-likeness (QED) is 0.741. The van der Waals surface area contributed by atoms with E-state index in [-0.39, 0.29) is 11.8 Å². The van der Waals surface area contributed by atoms with Crippen LogP contribution in [-0.4, -0.2) is 46.2 Å². The number of methoxy groups -OCH3 is 1. The molecule has 1 fully saturated rings. The summed E-state index contributed by atoms with van der Waals surface area (Å²) in [5.74, 6) is 1.13. The maximum Gasteiger partial charge on any atom is 0.271 e. The number of nitrogens with zero attached hydrogens (tertiary/aromatic N) is 3. The summed E-state index contributed by atoms with van der Waals surface area (Å²) in [4.78, 5) is 19.4. The van der Waals surface area contributed by atoms with Crippen LogP contribution >= 0.6 is 0 Å². The topological polar surface area (TPSA) is 71.1 Å². The molecule has 0 bridgehead atoms. The second-order valence-electron chi connectivity index (χ2n) is 7.10. The molecule has 0 aliphatic carbocycles. The van der Waals surface area contributed by atoms with E-state index in [9.17, 15) is 4.79 Å². The fraction of sp³-hybridized carbons (Fsp3) is 0.318. The van der Waals surface area contributed by atoms with E-state index < -0.39 is 0 Å². The van der Waals surface area contributed by atoms with Gasteiger partial charge in [-0.15, -0.1) is 0 Å². The molecule has 1 unspecified atom stereocenters. The minimum absolute atomic E-state index is 0.00683. The van der Waals surface area contributed by atoms with Gasteiger partial charge in [-0.2, -0.15) is 5.10 Å². The van der Waals surface area contributed by atoms with Crippen molar-refractivity contribution in [2.24, 2.45) is 0 Å². The van der Waals surface area contributed by atoms with Crippen LogP contribution in [0.1, 0.15) is 46.2 Å². The standard InChI is InChI=1S/C22H24N4O2/c1-28-21-10-3-2-6-16(21)14-18-8-4-9-19(24-18)17-7-5-13-26(15-17)22(27)20-11-12-23-25-20/h2-4,6,8-12,17H,5,7,13-15H2,1H3,(H,23,25). The second-order valence-corrected chi connectivity index (χ2v) is 7.10. The number of piperidine rings is 1. The largest absolute Gasteiger partial charge is 0.496 e. The van der Waals surface area contributed by atoms with Gasteiger partial charge in [-0.1, -0.05) is 24.3 Å². The van der Waals surface area contributed by atoms with E-state index in [2.05, 4.69) is 28.4 Å². The molecule has 1 amide bonds. The van der Waals surface area contributed by atoms with Crippen molar-refractivity contribution in [1.29, 1.82) is 0 Å². The van der Waals surface area contributed by atoms with Crippen LogP contribution in [0.5, 0.6) is 5.75 Å². The molecular formula is C22H24N4O2. The van der Waals surface area contributed by atoms with Gasteiger partial charge < -0.3 is 9.64 Å². The van der Waals surface area contributed by atoms with Gasteiger partial charge in [0, 0.05) is 48.6 Å². The van der Waals surface area contributed by atoms with Crippen LogP contribution < -0.4 is 4.74 Å². The number of carbonyl (C=O) groups is 1. The zero-order valence-corrected chi connectivity index (χ0v) is 16.0. The highest BCUT2D eigenvalue weighted by atomic mass is 16.5. The van der Waals surface area contributed by atoms with E-state index in [0.29, 0.717) is 12.2 Å². The summed E-state index contributed by atoms with van der Waals surface area (Å²) in [5, 5.41) is 6.65. The van der Waals surface area contributed by atoms with Crippen LogP contribution in [-0.2, 0) is 6.42 Å². The zero-order chi connectivity index (χ0) is 19.3.